The molecule has 3 aromatic rings. The Labute approximate surface area is 172 Å². The molecule has 0 saturated heterocycles. The van der Waals surface area contributed by atoms with Crippen molar-refractivity contribution in [2.45, 2.75) is 18.6 Å². The molecule has 29 heavy (non-hydrogen) atoms. The molecule has 0 radical (unpaired) electrons. The second-order valence-corrected chi connectivity index (χ2v) is 7.34. The highest BCUT2D eigenvalue weighted by atomic mass is 35.5. The van der Waals surface area contributed by atoms with Gasteiger partial charge >= 0.3 is 5.69 Å². The molecule has 0 atom stereocenters. The highest BCUT2D eigenvalue weighted by Gasteiger charge is 2.15. The molecule has 0 aliphatic heterocycles. The Hall–Kier alpha value is -2.92. The molecule has 9 nitrogen and oxygen atoms in total. The van der Waals surface area contributed by atoms with Gasteiger partial charge in [-0.05, 0) is 25.1 Å². The Kier molecular flexibility index (Phi) is 6.18. The summed E-state index contributed by atoms with van der Waals surface area (Å²) in [5.74, 6) is -0.811. The molecule has 2 aromatic heterocycles. The quantitative estimate of drug-likeness (QED) is 0.562. The van der Waals surface area contributed by atoms with Gasteiger partial charge in [-0.25, -0.2) is 9.18 Å². The Balaban J connectivity index is 1.61. The van der Waals surface area contributed by atoms with Crippen LogP contribution in [0.25, 0.3) is 0 Å². The van der Waals surface area contributed by atoms with Crippen LogP contribution in [0.1, 0.15) is 17.1 Å². The Morgan fingerprint density at radius 3 is 2.86 bits per heavy atom. The standard InChI is InChI=1S/C17H15ClFN5O4S/c1-8-10(15(26)24(2)16(27)20-8)6-14-22-23-17(28-14)29-7-13(25)21-9-3-4-12(19)11(18)5-9/h3-5H,6-7H2,1-2H3,(H,20,27)(H,21,25). The summed E-state index contributed by atoms with van der Waals surface area (Å²) in [6.45, 7) is 1.61. The van der Waals surface area contributed by atoms with E-state index in [0.717, 1.165) is 22.4 Å². The topological polar surface area (TPSA) is 123 Å². The van der Waals surface area contributed by atoms with Crippen molar-refractivity contribution in [1.82, 2.24) is 19.7 Å². The first-order chi connectivity index (χ1) is 13.7. The summed E-state index contributed by atoms with van der Waals surface area (Å²) >= 11 is 6.67. The van der Waals surface area contributed by atoms with E-state index >= 15 is 0 Å². The highest BCUT2D eigenvalue weighted by molar-refractivity contribution is 7.99. The summed E-state index contributed by atoms with van der Waals surface area (Å²) < 4.78 is 19.6. The van der Waals surface area contributed by atoms with Crippen LogP contribution >= 0.6 is 23.4 Å². The van der Waals surface area contributed by atoms with E-state index in [1.165, 1.54) is 19.2 Å². The summed E-state index contributed by atoms with van der Waals surface area (Å²) in [6, 6.07) is 3.84. The van der Waals surface area contributed by atoms with Crippen molar-refractivity contribution in [3.63, 3.8) is 0 Å². The zero-order valence-corrected chi connectivity index (χ0v) is 16.9. The fraction of sp³-hybridized carbons (Fsp3) is 0.235. The predicted molar refractivity (Wildman–Crippen MR) is 105 cm³/mol. The molecular weight excluding hydrogens is 425 g/mol. The lowest BCUT2D eigenvalue weighted by atomic mass is 10.2. The fourth-order valence-electron chi connectivity index (χ4n) is 2.40. The molecule has 2 N–H and O–H groups in total. The average Bonchev–Trinajstić information content (AvgIpc) is 3.12. The second-order valence-electron chi connectivity index (χ2n) is 6.00. The summed E-state index contributed by atoms with van der Waals surface area (Å²) in [5, 5.41) is 10.3. The van der Waals surface area contributed by atoms with E-state index in [1.807, 2.05) is 0 Å². The van der Waals surface area contributed by atoms with Crippen LogP contribution in [0.5, 0.6) is 0 Å². The van der Waals surface area contributed by atoms with Gasteiger partial charge < -0.3 is 14.7 Å². The van der Waals surface area contributed by atoms with Crippen molar-refractivity contribution in [2.75, 3.05) is 11.1 Å². The normalized spacial score (nSPS) is 10.9. The van der Waals surface area contributed by atoms with Crippen LogP contribution in [0, 0.1) is 12.7 Å². The van der Waals surface area contributed by atoms with Crippen LogP contribution in [-0.4, -0.2) is 31.4 Å². The minimum absolute atomic E-state index is 0.0317. The number of aromatic nitrogens is 4. The van der Waals surface area contributed by atoms with Gasteiger partial charge in [-0.1, -0.05) is 23.4 Å². The van der Waals surface area contributed by atoms with E-state index in [1.54, 1.807) is 6.92 Å². The molecule has 0 aliphatic carbocycles. The number of carbonyl (C=O) groups excluding carboxylic acids is 1. The first-order valence-corrected chi connectivity index (χ1v) is 9.60. The predicted octanol–water partition coefficient (Wildman–Crippen LogP) is 1.88. The number of rotatable bonds is 6. The van der Waals surface area contributed by atoms with Crippen LogP contribution < -0.4 is 16.6 Å². The van der Waals surface area contributed by atoms with Crippen LogP contribution in [0.4, 0.5) is 10.1 Å². The number of aromatic amines is 1. The lowest BCUT2D eigenvalue weighted by molar-refractivity contribution is -0.113. The molecule has 0 bridgehead atoms. The molecule has 0 unspecified atom stereocenters. The summed E-state index contributed by atoms with van der Waals surface area (Å²) in [5.41, 5.74) is 0.154. The molecule has 0 fully saturated rings. The van der Waals surface area contributed by atoms with E-state index in [4.69, 9.17) is 16.0 Å². The van der Waals surface area contributed by atoms with E-state index in [2.05, 4.69) is 20.5 Å². The molecule has 152 valence electrons. The smallest absolute Gasteiger partial charge is 0.328 e. The van der Waals surface area contributed by atoms with Crippen molar-refractivity contribution in [1.29, 1.82) is 0 Å². The van der Waals surface area contributed by atoms with Gasteiger partial charge in [0.15, 0.2) is 0 Å². The van der Waals surface area contributed by atoms with Crippen molar-refractivity contribution in [3.8, 4) is 0 Å². The first-order valence-electron chi connectivity index (χ1n) is 8.23. The summed E-state index contributed by atoms with van der Waals surface area (Å²) in [7, 11) is 1.37. The Bertz CT molecular complexity index is 1190. The molecule has 0 aliphatic rings. The Morgan fingerprint density at radius 1 is 1.38 bits per heavy atom. The van der Waals surface area contributed by atoms with Crippen LogP contribution in [0.3, 0.4) is 0 Å². The number of nitrogens with zero attached hydrogens (tertiary/aromatic N) is 3. The number of amides is 1. The zero-order chi connectivity index (χ0) is 21.1. The Morgan fingerprint density at radius 2 is 2.14 bits per heavy atom. The highest BCUT2D eigenvalue weighted by Crippen LogP contribution is 2.21. The third-order valence-corrected chi connectivity index (χ3v) is 5.03. The number of carbonyl (C=O) groups is 1. The van der Waals surface area contributed by atoms with E-state index < -0.39 is 17.1 Å². The summed E-state index contributed by atoms with van der Waals surface area (Å²) in [4.78, 5) is 38.4. The number of thioether (sulfide) groups is 1. The number of aryl methyl sites for hydroxylation is 1. The zero-order valence-electron chi connectivity index (χ0n) is 15.3. The van der Waals surface area contributed by atoms with Gasteiger partial charge in [-0.15, -0.1) is 10.2 Å². The molecule has 1 aromatic carbocycles. The number of benzene rings is 1. The van der Waals surface area contributed by atoms with Crippen LogP contribution in [-0.2, 0) is 18.3 Å². The number of hydrogen-bond donors (Lipinski definition) is 2. The third-order valence-electron chi connectivity index (χ3n) is 3.92. The second kappa shape index (κ2) is 8.62. The first kappa shape index (κ1) is 20.8. The molecule has 12 heteroatoms. The molecule has 1 amide bonds. The minimum atomic E-state index is -0.579. The van der Waals surface area contributed by atoms with Gasteiger partial charge in [0.05, 0.1) is 17.2 Å². The maximum Gasteiger partial charge on any atom is 0.328 e. The van der Waals surface area contributed by atoms with Gasteiger partial charge in [-0.3, -0.25) is 14.2 Å². The summed E-state index contributed by atoms with van der Waals surface area (Å²) in [6.07, 6.45) is 0.0448. The monoisotopic (exact) mass is 439 g/mol. The lowest BCUT2D eigenvalue weighted by Crippen LogP contribution is -2.36. The van der Waals surface area contributed by atoms with Gasteiger partial charge in [0.25, 0.3) is 10.8 Å². The van der Waals surface area contributed by atoms with Gasteiger partial charge in [0.2, 0.25) is 11.8 Å². The SMILES string of the molecule is Cc1[nH]c(=O)n(C)c(=O)c1Cc1nnc(SCC(=O)Nc2ccc(F)c(Cl)c2)o1. The van der Waals surface area contributed by atoms with Crippen molar-refractivity contribution < 1.29 is 13.6 Å². The lowest BCUT2D eigenvalue weighted by Gasteiger charge is -2.05. The molecule has 0 saturated carbocycles. The van der Waals surface area contributed by atoms with E-state index in [9.17, 15) is 18.8 Å². The third kappa shape index (κ3) is 4.93. The van der Waals surface area contributed by atoms with E-state index in [-0.39, 0.29) is 34.2 Å². The fourth-order valence-corrected chi connectivity index (χ4v) is 3.16. The average molecular weight is 440 g/mol. The number of H-pyrrole nitrogens is 1. The van der Waals surface area contributed by atoms with Gasteiger partial charge in [0.1, 0.15) is 5.82 Å². The van der Waals surface area contributed by atoms with Crippen molar-refractivity contribution in [3.05, 3.63) is 67.0 Å². The minimum Gasteiger partial charge on any atom is -0.416 e. The maximum absolute atomic E-state index is 13.1. The molecule has 2 heterocycles. The molecule has 0 spiro atoms. The molecule has 3 rings (SSSR count). The van der Waals surface area contributed by atoms with Crippen LogP contribution in [0.2, 0.25) is 5.02 Å². The van der Waals surface area contributed by atoms with Crippen LogP contribution in [0.15, 0.2) is 37.4 Å². The number of anilines is 1. The number of hydrogen-bond acceptors (Lipinski definition) is 7. The number of nitrogens with one attached hydrogen (secondary N) is 2. The number of halogens is 2. The molecular formula is C17H15ClFN5O4S. The van der Waals surface area contributed by atoms with Gasteiger partial charge in [0, 0.05) is 24.0 Å². The van der Waals surface area contributed by atoms with Crippen molar-refractivity contribution >= 4 is 35.0 Å². The largest absolute Gasteiger partial charge is 0.416 e. The van der Waals surface area contributed by atoms with Crippen molar-refractivity contribution in [2.24, 2.45) is 7.05 Å². The van der Waals surface area contributed by atoms with E-state index in [0.29, 0.717) is 16.9 Å². The maximum atomic E-state index is 13.1. The van der Waals surface area contributed by atoms with Gasteiger partial charge in [-0.2, -0.15) is 0 Å².